The van der Waals surface area contributed by atoms with Gasteiger partial charge in [0.05, 0.1) is 0 Å². The molecule has 2 N–H and O–H groups in total. The second-order valence-corrected chi connectivity index (χ2v) is 5.57. The van der Waals surface area contributed by atoms with Gasteiger partial charge in [0.1, 0.15) is 0 Å². The highest BCUT2D eigenvalue weighted by Gasteiger charge is 2.44. The summed E-state index contributed by atoms with van der Waals surface area (Å²) in [4.78, 5) is 2.53. The quantitative estimate of drug-likeness (QED) is 0.817. The van der Waals surface area contributed by atoms with Crippen molar-refractivity contribution >= 4 is 0 Å². The maximum absolute atomic E-state index is 5.74. The summed E-state index contributed by atoms with van der Waals surface area (Å²) in [6.45, 7) is 7.51. The van der Waals surface area contributed by atoms with Gasteiger partial charge in [-0.05, 0) is 30.7 Å². The molecule has 0 radical (unpaired) electrons. The summed E-state index contributed by atoms with van der Waals surface area (Å²) in [6, 6.07) is 11.3. The lowest BCUT2D eigenvalue weighted by molar-refractivity contribution is 0.146. The molecule has 1 fully saturated rings. The van der Waals surface area contributed by atoms with Crippen molar-refractivity contribution in [3.05, 3.63) is 35.9 Å². The maximum Gasteiger partial charge on any atom is 0.0237 e. The topological polar surface area (TPSA) is 29.3 Å². The van der Waals surface area contributed by atoms with Crippen LogP contribution in [0.2, 0.25) is 0 Å². The molecule has 94 valence electrons. The summed E-state index contributed by atoms with van der Waals surface area (Å²) in [7, 11) is 0. The molecule has 0 heterocycles. The number of hydrogen-bond acceptors (Lipinski definition) is 2. The zero-order chi connectivity index (χ0) is 12.3. The van der Waals surface area contributed by atoms with E-state index in [4.69, 9.17) is 5.73 Å². The Morgan fingerprint density at radius 3 is 2.47 bits per heavy atom. The van der Waals surface area contributed by atoms with Gasteiger partial charge in [-0.2, -0.15) is 0 Å². The van der Waals surface area contributed by atoms with Crippen LogP contribution in [0.1, 0.15) is 32.3 Å². The summed E-state index contributed by atoms with van der Waals surface area (Å²) in [6.07, 6.45) is 2.73. The Balaban J connectivity index is 2.02. The standard InChI is InChI=1S/C15H24N2/c1-13(15(2)8-9-15)17(11-10-16)12-14-6-4-3-5-7-14/h3-7,13H,8-12,16H2,1-2H3. The minimum Gasteiger partial charge on any atom is -0.329 e. The number of nitrogens with two attached hydrogens (primary N) is 1. The molecule has 1 aliphatic rings. The van der Waals surface area contributed by atoms with Gasteiger partial charge >= 0.3 is 0 Å². The van der Waals surface area contributed by atoms with E-state index in [1.165, 1.54) is 18.4 Å². The molecular weight excluding hydrogens is 208 g/mol. The lowest BCUT2D eigenvalue weighted by Crippen LogP contribution is -2.41. The Hall–Kier alpha value is -0.860. The van der Waals surface area contributed by atoms with Gasteiger partial charge in [0.15, 0.2) is 0 Å². The van der Waals surface area contributed by atoms with Crippen LogP contribution in [0.5, 0.6) is 0 Å². The fourth-order valence-corrected chi connectivity index (χ4v) is 2.45. The molecule has 2 nitrogen and oxygen atoms in total. The summed E-state index contributed by atoms with van der Waals surface area (Å²) in [5.74, 6) is 0. The second kappa shape index (κ2) is 5.19. The second-order valence-electron chi connectivity index (χ2n) is 5.57. The first-order valence-corrected chi connectivity index (χ1v) is 6.64. The molecule has 2 rings (SSSR count). The number of hydrogen-bond donors (Lipinski definition) is 1. The smallest absolute Gasteiger partial charge is 0.0237 e. The van der Waals surface area contributed by atoms with E-state index in [0.717, 1.165) is 19.6 Å². The van der Waals surface area contributed by atoms with Crippen LogP contribution < -0.4 is 5.73 Å². The Kier molecular flexibility index (Phi) is 3.85. The van der Waals surface area contributed by atoms with Gasteiger partial charge in [0, 0.05) is 25.7 Å². The lowest BCUT2D eigenvalue weighted by Gasteiger charge is -2.33. The van der Waals surface area contributed by atoms with Gasteiger partial charge in [-0.15, -0.1) is 0 Å². The molecule has 0 aromatic heterocycles. The molecule has 1 aromatic rings. The minimum atomic E-state index is 0.532. The van der Waals surface area contributed by atoms with E-state index < -0.39 is 0 Å². The van der Waals surface area contributed by atoms with Gasteiger partial charge in [-0.3, -0.25) is 4.90 Å². The molecule has 0 spiro atoms. The normalized spacial score (nSPS) is 19.3. The summed E-state index contributed by atoms with van der Waals surface area (Å²) < 4.78 is 0. The van der Waals surface area contributed by atoms with Crippen molar-refractivity contribution in [1.82, 2.24) is 4.90 Å². The molecule has 17 heavy (non-hydrogen) atoms. The van der Waals surface area contributed by atoms with Crippen LogP contribution in [-0.4, -0.2) is 24.0 Å². The Morgan fingerprint density at radius 2 is 1.94 bits per heavy atom. The van der Waals surface area contributed by atoms with Gasteiger partial charge in [0.2, 0.25) is 0 Å². The largest absolute Gasteiger partial charge is 0.329 e. The highest BCUT2D eigenvalue weighted by atomic mass is 15.2. The number of rotatable bonds is 6. The van der Waals surface area contributed by atoms with Gasteiger partial charge < -0.3 is 5.73 Å². The van der Waals surface area contributed by atoms with Crippen LogP contribution in [0.3, 0.4) is 0 Å². The van der Waals surface area contributed by atoms with Crippen molar-refractivity contribution in [3.63, 3.8) is 0 Å². The first-order chi connectivity index (χ1) is 8.15. The molecule has 1 aliphatic carbocycles. The third-order valence-electron chi connectivity index (χ3n) is 4.24. The number of nitrogens with zero attached hydrogens (tertiary/aromatic N) is 1. The predicted molar refractivity (Wildman–Crippen MR) is 72.7 cm³/mol. The summed E-state index contributed by atoms with van der Waals surface area (Å²) in [5, 5.41) is 0. The van der Waals surface area contributed by atoms with E-state index in [9.17, 15) is 0 Å². The van der Waals surface area contributed by atoms with E-state index in [1.54, 1.807) is 0 Å². The summed E-state index contributed by atoms with van der Waals surface area (Å²) in [5.41, 5.74) is 7.66. The van der Waals surface area contributed by atoms with Gasteiger partial charge in [0.25, 0.3) is 0 Å². The van der Waals surface area contributed by atoms with Crippen molar-refractivity contribution in [2.75, 3.05) is 13.1 Å². The predicted octanol–water partition coefficient (Wildman–Crippen LogP) is 2.64. The van der Waals surface area contributed by atoms with Crippen molar-refractivity contribution in [2.45, 2.75) is 39.3 Å². The molecule has 2 heteroatoms. The Morgan fingerprint density at radius 1 is 1.29 bits per heavy atom. The van der Waals surface area contributed by atoms with Gasteiger partial charge in [-0.1, -0.05) is 37.3 Å². The summed E-state index contributed by atoms with van der Waals surface area (Å²) >= 11 is 0. The molecule has 0 saturated heterocycles. The van der Waals surface area contributed by atoms with Crippen molar-refractivity contribution in [2.24, 2.45) is 11.1 Å². The number of benzene rings is 1. The van der Waals surface area contributed by atoms with E-state index in [2.05, 4.69) is 49.1 Å². The van der Waals surface area contributed by atoms with Gasteiger partial charge in [-0.25, -0.2) is 0 Å². The fraction of sp³-hybridized carbons (Fsp3) is 0.600. The zero-order valence-electron chi connectivity index (χ0n) is 11.0. The molecule has 1 atom stereocenters. The van der Waals surface area contributed by atoms with Crippen molar-refractivity contribution in [1.29, 1.82) is 0 Å². The molecule has 1 saturated carbocycles. The van der Waals surface area contributed by atoms with Crippen LogP contribution >= 0.6 is 0 Å². The third kappa shape index (κ3) is 3.08. The highest BCUT2D eigenvalue weighted by molar-refractivity contribution is 5.15. The monoisotopic (exact) mass is 232 g/mol. The van der Waals surface area contributed by atoms with Crippen LogP contribution in [0.15, 0.2) is 30.3 Å². The van der Waals surface area contributed by atoms with E-state index in [-0.39, 0.29) is 0 Å². The maximum atomic E-state index is 5.74. The van der Waals surface area contributed by atoms with E-state index in [0.29, 0.717) is 11.5 Å². The first kappa shape index (κ1) is 12.6. The third-order valence-corrected chi connectivity index (χ3v) is 4.24. The highest BCUT2D eigenvalue weighted by Crippen LogP contribution is 2.49. The first-order valence-electron chi connectivity index (χ1n) is 6.64. The lowest BCUT2D eigenvalue weighted by atomic mass is 9.98. The Bertz CT molecular complexity index is 343. The van der Waals surface area contributed by atoms with E-state index in [1.807, 2.05) is 0 Å². The molecule has 0 amide bonds. The average molecular weight is 232 g/mol. The molecule has 0 aliphatic heterocycles. The van der Waals surface area contributed by atoms with Crippen LogP contribution in [0.4, 0.5) is 0 Å². The van der Waals surface area contributed by atoms with Crippen molar-refractivity contribution < 1.29 is 0 Å². The minimum absolute atomic E-state index is 0.532. The Labute approximate surface area is 105 Å². The van der Waals surface area contributed by atoms with Crippen molar-refractivity contribution in [3.8, 4) is 0 Å². The molecular formula is C15H24N2. The average Bonchev–Trinajstić information content (AvgIpc) is 3.09. The fourth-order valence-electron chi connectivity index (χ4n) is 2.45. The zero-order valence-corrected chi connectivity index (χ0v) is 11.0. The van der Waals surface area contributed by atoms with E-state index >= 15 is 0 Å². The molecule has 0 bridgehead atoms. The van der Waals surface area contributed by atoms with Crippen LogP contribution in [0, 0.1) is 5.41 Å². The molecule has 1 unspecified atom stereocenters. The van der Waals surface area contributed by atoms with Crippen LogP contribution in [-0.2, 0) is 6.54 Å². The molecule has 1 aromatic carbocycles. The van der Waals surface area contributed by atoms with Crippen LogP contribution in [0.25, 0.3) is 0 Å². The SMILES string of the molecule is CC(N(CCN)Cc1ccccc1)C1(C)CC1.